The number of nitrogens with zero attached hydrogens (tertiary/aromatic N) is 1. The summed E-state index contributed by atoms with van der Waals surface area (Å²) in [5.74, 6) is 0.285. The van der Waals surface area contributed by atoms with E-state index in [4.69, 9.17) is 4.74 Å². The molecule has 2 aromatic rings. The first kappa shape index (κ1) is 15.7. The molecule has 4 heteroatoms. The Bertz CT molecular complexity index is 685. The van der Waals surface area contributed by atoms with Crippen molar-refractivity contribution in [3.63, 3.8) is 0 Å². The second kappa shape index (κ2) is 6.92. The maximum absolute atomic E-state index is 12.6. The summed E-state index contributed by atoms with van der Waals surface area (Å²) in [5.41, 5.74) is 4.14. The second-order valence-corrected chi connectivity index (χ2v) is 6.18. The fourth-order valence-corrected chi connectivity index (χ4v) is 3.02. The summed E-state index contributed by atoms with van der Waals surface area (Å²) in [4.78, 5) is 16.6. The Morgan fingerprint density at radius 3 is 2.78 bits per heavy atom. The Kier molecular flexibility index (Phi) is 4.72. The van der Waals surface area contributed by atoms with E-state index in [2.05, 4.69) is 10.3 Å². The third-order valence-corrected chi connectivity index (χ3v) is 4.61. The van der Waals surface area contributed by atoms with Gasteiger partial charge in [0.05, 0.1) is 19.3 Å². The van der Waals surface area contributed by atoms with E-state index in [0.717, 1.165) is 23.1 Å². The predicted molar refractivity (Wildman–Crippen MR) is 89.4 cm³/mol. The van der Waals surface area contributed by atoms with Crippen LogP contribution in [0.5, 0.6) is 0 Å². The molecule has 23 heavy (non-hydrogen) atoms. The number of carbonyl (C=O) groups is 1. The molecule has 1 aromatic heterocycles. The monoisotopic (exact) mass is 310 g/mol. The second-order valence-electron chi connectivity index (χ2n) is 6.18. The molecule has 0 saturated carbocycles. The number of carbonyl (C=O) groups excluding carboxylic acids is 1. The first-order chi connectivity index (χ1) is 11.1. The molecule has 0 aliphatic carbocycles. The summed E-state index contributed by atoms with van der Waals surface area (Å²) in [5, 5.41) is 3.15. The summed E-state index contributed by atoms with van der Waals surface area (Å²) < 4.78 is 5.60. The molecule has 1 fully saturated rings. The minimum absolute atomic E-state index is 0.0126. The number of rotatable bonds is 4. The normalized spacial score (nSPS) is 20.4. The van der Waals surface area contributed by atoms with Crippen LogP contribution in [-0.2, 0) is 11.2 Å². The van der Waals surface area contributed by atoms with Gasteiger partial charge in [-0.3, -0.25) is 9.78 Å². The largest absolute Gasteiger partial charge is 0.379 e. The number of hydrogen-bond donors (Lipinski definition) is 1. The Morgan fingerprint density at radius 2 is 2.00 bits per heavy atom. The highest BCUT2D eigenvalue weighted by Gasteiger charge is 2.30. The van der Waals surface area contributed by atoms with E-state index in [-0.39, 0.29) is 11.9 Å². The quantitative estimate of drug-likeness (QED) is 0.944. The number of nitrogens with one attached hydrogen (secondary N) is 1. The third-order valence-electron chi connectivity index (χ3n) is 4.61. The zero-order valence-electron chi connectivity index (χ0n) is 13.6. The van der Waals surface area contributed by atoms with E-state index in [1.54, 1.807) is 12.4 Å². The molecule has 1 saturated heterocycles. The van der Waals surface area contributed by atoms with Crippen molar-refractivity contribution >= 4 is 5.91 Å². The third kappa shape index (κ3) is 3.59. The van der Waals surface area contributed by atoms with Crippen molar-refractivity contribution in [2.45, 2.75) is 26.3 Å². The number of hydrogen-bond acceptors (Lipinski definition) is 3. The van der Waals surface area contributed by atoms with Gasteiger partial charge in [-0.2, -0.15) is 0 Å². The lowest BCUT2D eigenvalue weighted by atomic mass is 9.94. The summed E-state index contributed by atoms with van der Waals surface area (Å²) in [6, 6.07) is 9.92. The van der Waals surface area contributed by atoms with Crippen LogP contribution in [0.2, 0.25) is 0 Å². The molecule has 1 N–H and O–H groups in total. The molecule has 0 radical (unpaired) electrons. The van der Waals surface area contributed by atoms with Crippen molar-refractivity contribution in [1.29, 1.82) is 0 Å². The Labute approximate surface area is 136 Å². The summed E-state index contributed by atoms with van der Waals surface area (Å²) in [7, 11) is 0. The van der Waals surface area contributed by atoms with Crippen molar-refractivity contribution in [3.05, 3.63) is 65.0 Å². The topological polar surface area (TPSA) is 51.2 Å². The van der Waals surface area contributed by atoms with Gasteiger partial charge in [0.25, 0.3) is 5.91 Å². The molecular formula is C19H22N2O2. The molecule has 2 unspecified atom stereocenters. The van der Waals surface area contributed by atoms with Crippen LogP contribution in [0.1, 0.15) is 27.0 Å². The van der Waals surface area contributed by atoms with Gasteiger partial charge in [0.2, 0.25) is 0 Å². The van der Waals surface area contributed by atoms with Gasteiger partial charge >= 0.3 is 0 Å². The zero-order chi connectivity index (χ0) is 16.2. The minimum atomic E-state index is -0.0126. The van der Waals surface area contributed by atoms with Gasteiger partial charge in [-0.15, -0.1) is 0 Å². The van der Waals surface area contributed by atoms with E-state index in [0.29, 0.717) is 19.1 Å². The van der Waals surface area contributed by atoms with Crippen LogP contribution in [0.15, 0.2) is 42.7 Å². The molecule has 0 spiro atoms. The number of ether oxygens (including phenoxy) is 1. The van der Waals surface area contributed by atoms with Crippen molar-refractivity contribution < 1.29 is 9.53 Å². The fourth-order valence-electron chi connectivity index (χ4n) is 3.02. The van der Waals surface area contributed by atoms with Gasteiger partial charge in [0, 0.05) is 23.9 Å². The highest BCUT2D eigenvalue weighted by atomic mass is 16.5. The highest BCUT2D eigenvalue weighted by Crippen LogP contribution is 2.20. The van der Waals surface area contributed by atoms with Gasteiger partial charge in [-0.1, -0.05) is 12.1 Å². The molecule has 4 nitrogen and oxygen atoms in total. The molecule has 1 amide bonds. The van der Waals surface area contributed by atoms with E-state index >= 15 is 0 Å². The number of aromatic nitrogens is 1. The van der Waals surface area contributed by atoms with Crippen molar-refractivity contribution in [1.82, 2.24) is 10.3 Å². The maximum Gasteiger partial charge on any atom is 0.251 e. The zero-order valence-corrected chi connectivity index (χ0v) is 13.6. The number of amides is 1. The first-order valence-electron chi connectivity index (χ1n) is 7.99. The summed E-state index contributed by atoms with van der Waals surface area (Å²) in [6.45, 7) is 5.27. The van der Waals surface area contributed by atoms with Crippen LogP contribution in [0.25, 0.3) is 0 Å². The van der Waals surface area contributed by atoms with Gasteiger partial charge in [0.15, 0.2) is 0 Å². The number of benzene rings is 1. The Balaban J connectivity index is 1.69. The molecular weight excluding hydrogens is 288 g/mol. The van der Waals surface area contributed by atoms with E-state index in [1.807, 2.05) is 44.2 Å². The van der Waals surface area contributed by atoms with Crippen molar-refractivity contribution in [2.24, 2.45) is 5.92 Å². The molecule has 2 atom stereocenters. The van der Waals surface area contributed by atoms with Crippen LogP contribution in [0.4, 0.5) is 0 Å². The van der Waals surface area contributed by atoms with Gasteiger partial charge in [-0.25, -0.2) is 0 Å². The molecule has 1 aliphatic rings. The van der Waals surface area contributed by atoms with E-state index < -0.39 is 0 Å². The van der Waals surface area contributed by atoms with Gasteiger partial charge in [0.1, 0.15) is 0 Å². The molecule has 1 aliphatic heterocycles. The molecule has 3 rings (SSSR count). The number of aryl methyl sites for hydroxylation is 1. The smallest absolute Gasteiger partial charge is 0.251 e. The standard InChI is InChI=1S/C19H22N2O2/c1-13-4-3-5-17(14(13)2)19(22)21-18-12-23-11-16(18)10-15-6-8-20-9-7-15/h3-9,16,18H,10-12H2,1-2H3,(H,21,22). The maximum atomic E-state index is 12.6. The predicted octanol–water partition coefficient (Wildman–Crippen LogP) is 2.69. The van der Waals surface area contributed by atoms with E-state index in [9.17, 15) is 4.79 Å². The van der Waals surface area contributed by atoms with E-state index in [1.165, 1.54) is 5.56 Å². The lowest BCUT2D eigenvalue weighted by molar-refractivity contribution is 0.0924. The first-order valence-corrected chi connectivity index (χ1v) is 7.99. The highest BCUT2D eigenvalue weighted by molar-refractivity contribution is 5.96. The molecule has 1 aromatic carbocycles. The van der Waals surface area contributed by atoms with Crippen LogP contribution in [0.3, 0.4) is 0 Å². The molecule has 2 heterocycles. The van der Waals surface area contributed by atoms with Crippen LogP contribution in [-0.4, -0.2) is 30.1 Å². The lowest BCUT2D eigenvalue weighted by Gasteiger charge is -2.20. The van der Waals surface area contributed by atoms with Gasteiger partial charge < -0.3 is 10.1 Å². The average molecular weight is 310 g/mol. The summed E-state index contributed by atoms with van der Waals surface area (Å²) >= 11 is 0. The SMILES string of the molecule is Cc1cccc(C(=O)NC2COCC2Cc2ccncc2)c1C. The van der Waals surface area contributed by atoms with Crippen molar-refractivity contribution in [2.75, 3.05) is 13.2 Å². The average Bonchev–Trinajstić information content (AvgIpc) is 2.98. The molecule has 120 valence electrons. The summed E-state index contributed by atoms with van der Waals surface area (Å²) in [6.07, 6.45) is 4.49. The Hall–Kier alpha value is -2.20. The Morgan fingerprint density at radius 1 is 1.22 bits per heavy atom. The van der Waals surface area contributed by atoms with Crippen LogP contribution < -0.4 is 5.32 Å². The molecule has 0 bridgehead atoms. The number of pyridine rings is 1. The van der Waals surface area contributed by atoms with Gasteiger partial charge in [-0.05, 0) is 55.2 Å². The van der Waals surface area contributed by atoms with Crippen LogP contribution in [0, 0.1) is 19.8 Å². The van der Waals surface area contributed by atoms with Crippen molar-refractivity contribution in [3.8, 4) is 0 Å². The lowest BCUT2D eigenvalue weighted by Crippen LogP contribution is -2.40. The fraction of sp³-hybridized carbons (Fsp3) is 0.368. The van der Waals surface area contributed by atoms with Crippen LogP contribution >= 0.6 is 0 Å². The minimum Gasteiger partial charge on any atom is -0.379 e.